The van der Waals surface area contributed by atoms with Crippen molar-refractivity contribution in [3.8, 4) is 0 Å². The zero-order chi connectivity index (χ0) is 17.0. The molecule has 1 aromatic heterocycles. The van der Waals surface area contributed by atoms with Crippen molar-refractivity contribution in [3.05, 3.63) is 17.5 Å². The highest BCUT2D eigenvalue weighted by molar-refractivity contribution is 5.93. The lowest BCUT2D eigenvalue weighted by Crippen LogP contribution is -2.39. The molecule has 1 saturated carbocycles. The van der Waals surface area contributed by atoms with E-state index < -0.39 is 24.1 Å². The molecular weight excluding hydrogens is 301 g/mol. The number of alkyl halides is 1. The third-order valence-corrected chi connectivity index (χ3v) is 4.48. The van der Waals surface area contributed by atoms with Gasteiger partial charge < -0.3 is 10.0 Å². The first-order chi connectivity index (χ1) is 10.6. The summed E-state index contributed by atoms with van der Waals surface area (Å²) in [6.07, 6.45) is 2.00. The lowest BCUT2D eigenvalue weighted by atomic mass is 10.1. The van der Waals surface area contributed by atoms with Gasteiger partial charge in [-0.05, 0) is 39.7 Å². The number of aliphatic carboxylic acids is 1. The first-order valence-corrected chi connectivity index (χ1v) is 7.94. The summed E-state index contributed by atoms with van der Waals surface area (Å²) in [5.41, 5.74) is -1.28. The molecule has 2 heterocycles. The number of rotatable bonds is 3. The molecule has 1 unspecified atom stereocenters. The molecule has 6 nitrogen and oxygen atoms in total. The van der Waals surface area contributed by atoms with Gasteiger partial charge in [0.25, 0.3) is 5.91 Å². The van der Waals surface area contributed by atoms with Gasteiger partial charge in [0.05, 0.1) is 12.1 Å². The Labute approximate surface area is 134 Å². The van der Waals surface area contributed by atoms with Crippen molar-refractivity contribution in [1.29, 1.82) is 0 Å². The Morgan fingerprint density at radius 2 is 2.04 bits per heavy atom. The molecule has 0 aromatic carbocycles. The Balaban J connectivity index is 1.85. The van der Waals surface area contributed by atoms with E-state index in [9.17, 15) is 14.0 Å². The minimum absolute atomic E-state index is 0.1000. The van der Waals surface area contributed by atoms with E-state index in [1.54, 1.807) is 6.07 Å². The number of hydrogen-bond donors (Lipinski definition) is 1. The molecule has 7 heteroatoms. The molecule has 23 heavy (non-hydrogen) atoms. The average molecular weight is 323 g/mol. The molecule has 2 aliphatic rings. The van der Waals surface area contributed by atoms with Crippen molar-refractivity contribution in [3.63, 3.8) is 0 Å². The Bertz CT molecular complexity index is 660. The number of carbonyl (C=O) groups is 2. The summed E-state index contributed by atoms with van der Waals surface area (Å²) in [6, 6.07) is 1.78. The van der Waals surface area contributed by atoms with Gasteiger partial charge in [0.2, 0.25) is 5.67 Å². The fraction of sp³-hybridized carbons (Fsp3) is 0.688. The largest absolute Gasteiger partial charge is 0.479 e. The zero-order valence-electron chi connectivity index (χ0n) is 13.7. The van der Waals surface area contributed by atoms with E-state index in [0.717, 1.165) is 18.5 Å². The lowest BCUT2D eigenvalue weighted by Gasteiger charge is -2.22. The normalized spacial score (nSPS) is 25.0. The van der Waals surface area contributed by atoms with Gasteiger partial charge in [-0.3, -0.25) is 9.48 Å². The van der Waals surface area contributed by atoms with Crippen molar-refractivity contribution in [2.24, 2.45) is 0 Å². The zero-order valence-corrected chi connectivity index (χ0v) is 13.7. The topological polar surface area (TPSA) is 75.4 Å². The molecule has 3 rings (SSSR count). The molecule has 126 valence electrons. The minimum Gasteiger partial charge on any atom is -0.479 e. The highest BCUT2D eigenvalue weighted by Gasteiger charge is 2.47. The van der Waals surface area contributed by atoms with Crippen molar-refractivity contribution >= 4 is 11.9 Å². The molecule has 1 amide bonds. The van der Waals surface area contributed by atoms with Gasteiger partial charge in [-0.2, -0.15) is 5.10 Å². The van der Waals surface area contributed by atoms with Crippen molar-refractivity contribution < 1.29 is 19.1 Å². The number of likely N-dealkylation sites (tertiary alicyclic amines) is 1. The fourth-order valence-corrected chi connectivity index (χ4v) is 2.99. The summed E-state index contributed by atoms with van der Waals surface area (Å²) in [5, 5.41) is 13.4. The average Bonchev–Trinajstić information content (AvgIpc) is 3.05. The second kappa shape index (κ2) is 5.04. The van der Waals surface area contributed by atoms with Crippen LogP contribution in [0, 0.1) is 0 Å². The van der Waals surface area contributed by atoms with Crippen LogP contribution in [-0.2, 0) is 10.3 Å². The summed E-state index contributed by atoms with van der Waals surface area (Å²) >= 11 is 0. The van der Waals surface area contributed by atoms with E-state index in [0.29, 0.717) is 5.92 Å². The number of carbonyl (C=O) groups excluding carboxylic acids is 1. The van der Waals surface area contributed by atoms with Gasteiger partial charge in [0, 0.05) is 24.6 Å². The molecule has 2 fully saturated rings. The second-order valence-corrected chi connectivity index (χ2v) is 7.56. The molecule has 1 aliphatic heterocycles. The maximum absolute atomic E-state index is 14.2. The van der Waals surface area contributed by atoms with Gasteiger partial charge in [0.15, 0.2) is 5.69 Å². The third-order valence-electron chi connectivity index (χ3n) is 4.48. The Morgan fingerprint density at radius 1 is 1.39 bits per heavy atom. The minimum atomic E-state index is -2.35. The summed E-state index contributed by atoms with van der Waals surface area (Å²) in [4.78, 5) is 24.8. The van der Waals surface area contributed by atoms with Gasteiger partial charge in [-0.15, -0.1) is 0 Å². The lowest BCUT2D eigenvalue weighted by molar-refractivity contribution is -0.149. The first-order valence-electron chi connectivity index (χ1n) is 7.94. The Kier molecular flexibility index (Phi) is 3.50. The molecule has 1 N–H and O–H groups in total. The molecule has 0 radical (unpaired) electrons. The van der Waals surface area contributed by atoms with Crippen LogP contribution < -0.4 is 0 Å². The van der Waals surface area contributed by atoms with E-state index in [2.05, 4.69) is 5.10 Å². The van der Waals surface area contributed by atoms with E-state index >= 15 is 0 Å². The van der Waals surface area contributed by atoms with Gasteiger partial charge >= 0.3 is 5.97 Å². The van der Waals surface area contributed by atoms with E-state index in [4.69, 9.17) is 5.11 Å². The van der Waals surface area contributed by atoms with Crippen LogP contribution in [-0.4, -0.2) is 50.4 Å². The standard InChI is InChI=1S/C16H22FN3O3/c1-15(2,3)20-12(10-4-5-10)8-11(18-20)13(21)19-7-6-16(17,9-19)14(22)23/h8,10H,4-7,9H2,1-3H3,(H,22,23). The van der Waals surface area contributed by atoms with Crippen LogP contribution in [0.25, 0.3) is 0 Å². The monoisotopic (exact) mass is 323 g/mol. The van der Waals surface area contributed by atoms with Crippen LogP contribution in [0.15, 0.2) is 6.07 Å². The van der Waals surface area contributed by atoms with Crippen LogP contribution in [0.1, 0.15) is 62.1 Å². The molecular formula is C16H22FN3O3. The van der Waals surface area contributed by atoms with Gasteiger partial charge in [0.1, 0.15) is 0 Å². The van der Waals surface area contributed by atoms with Crippen LogP contribution in [0.3, 0.4) is 0 Å². The number of nitrogens with zero attached hydrogens (tertiary/aromatic N) is 3. The number of carboxylic acids is 1. The maximum Gasteiger partial charge on any atom is 0.343 e. The van der Waals surface area contributed by atoms with Crippen LogP contribution in [0.4, 0.5) is 4.39 Å². The number of aromatic nitrogens is 2. The number of halogens is 1. The molecule has 1 aliphatic carbocycles. The number of carboxylic acid groups (broad SMARTS) is 1. The molecule has 1 saturated heterocycles. The first kappa shape index (κ1) is 16.0. The van der Waals surface area contributed by atoms with E-state index in [1.807, 2.05) is 25.5 Å². The van der Waals surface area contributed by atoms with Crippen molar-refractivity contribution in [2.45, 2.75) is 57.2 Å². The van der Waals surface area contributed by atoms with Gasteiger partial charge in [-0.25, -0.2) is 9.18 Å². The molecule has 0 spiro atoms. The van der Waals surface area contributed by atoms with Crippen LogP contribution in [0.5, 0.6) is 0 Å². The van der Waals surface area contributed by atoms with Crippen molar-refractivity contribution in [2.75, 3.05) is 13.1 Å². The summed E-state index contributed by atoms with van der Waals surface area (Å²) in [6.45, 7) is 5.75. The highest BCUT2D eigenvalue weighted by Crippen LogP contribution is 2.42. The maximum atomic E-state index is 14.2. The van der Waals surface area contributed by atoms with E-state index in [-0.39, 0.29) is 24.2 Å². The SMILES string of the molecule is CC(C)(C)n1nc(C(=O)N2CCC(F)(C(=O)O)C2)cc1C1CC1. The predicted octanol–water partition coefficient (Wildman–Crippen LogP) is 2.15. The summed E-state index contributed by atoms with van der Waals surface area (Å²) in [5.74, 6) is -1.47. The quantitative estimate of drug-likeness (QED) is 0.925. The molecule has 1 aromatic rings. The fourth-order valence-electron chi connectivity index (χ4n) is 2.99. The third kappa shape index (κ3) is 2.84. The molecule has 1 atom stereocenters. The van der Waals surface area contributed by atoms with Crippen LogP contribution in [0.2, 0.25) is 0 Å². The summed E-state index contributed by atoms with van der Waals surface area (Å²) in [7, 11) is 0. The Hall–Kier alpha value is -1.92. The predicted molar refractivity (Wildman–Crippen MR) is 81.2 cm³/mol. The van der Waals surface area contributed by atoms with Gasteiger partial charge in [-0.1, -0.05) is 0 Å². The number of hydrogen-bond acceptors (Lipinski definition) is 3. The van der Waals surface area contributed by atoms with E-state index in [1.165, 1.54) is 4.90 Å². The highest BCUT2D eigenvalue weighted by atomic mass is 19.1. The Morgan fingerprint density at radius 3 is 2.52 bits per heavy atom. The number of amides is 1. The van der Waals surface area contributed by atoms with Crippen molar-refractivity contribution in [1.82, 2.24) is 14.7 Å². The smallest absolute Gasteiger partial charge is 0.343 e. The summed E-state index contributed by atoms with van der Waals surface area (Å²) < 4.78 is 16.0. The molecule has 0 bridgehead atoms. The van der Waals surface area contributed by atoms with Crippen LogP contribution >= 0.6 is 0 Å². The second-order valence-electron chi connectivity index (χ2n) is 7.56.